The number of esters is 3. The first-order chi connectivity index (χ1) is 11.7. The fourth-order valence-electron chi connectivity index (χ4n) is 2.39. The van der Waals surface area contributed by atoms with Gasteiger partial charge in [0.2, 0.25) is 0 Å². The number of carbonyl (C=O) groups is 3. The summed E-state index contributed by atoms with van der Waals surface area (Å²) in [4.78, 5) is 36.1. The molecule has 0 fully saturated rings. The SMILES string of the molecule is COC(=O)CC(C)CCCCC(C(=O)OC(C)(C)C)C(=O)OC(C)(C)C. The zero-order valence-electron chi connectivity index (χ0n) is 17.6. The summed E-state index contributed by atoms with van der Waals surface area (Å²) in [6.07, 6.45) is 3.05. The van der Waals surface area contributed by atoms with E-state index in [2.05, 4.69) is 4.74 Å². The molecular weight excluding hydrogens is 336 g/mol. The number of methoxy groups -OCH3 is 1. The van der Waals surface area contributed by atoms with Crippen molar-refractivity contribution in [2.75, 3.05) is 7.11 Å². The van der Waals surface area contributed by atoms with E-state index in [1.165, 1.54) is 7.11 Å². The number of hydrogen-bond acceptors (Lipinski definition) is 6. The highest BCUT2D eigenvalue weighted by Gasteiger charge is 2.34. The smallest absolute Gasteiger partial charge is 0.320 e. The van der Waals surface area contributed by atoms with Crippen LogP contribution in [0.3, 0.4) is 0 Å². The minimum atomic E-state index is -0.927. The second-order valence-electron chi connectivity index (χ2n) is 8.79. The fraction of sp³-hybridized carbons (Fsp3) is 0.850. The fourth-order valence-corrected chi connectivity index (χ4v) is 2.39. The highest BCUT2D eigenvalue weighted by atomic mass is 16.6. The number of unbranched alkanes of at least 4 members (excludes halogenated alkanes) is 1. The Morgan fingerprint density at radius 1 is 0.808 bits per heavy atom. The molecule has 0 spiro atoms. The van der Waals surface area contributed by atoms with Gasteiger partial charge >= 0.3 is 17.9 Å². The Morgan fingerprint density at radius 3 is 1.62 bits per heavy atom. The van der Waals surface area contributed by atoms with Gasteiger partial charge in [0, 0.05) is 6.42 Å². The van der Waals surface area contributed by atoms with Crippen molar-refractivity contribution in [3.8, 4) is 0 Å². The predicted octanol–water partition coefficient (Wildman–Crippen LogP) is 4.05. The molecule has 6 heteroatoms. The van der Waals surface area contributed by atoms with Crippen LogP contribution in [0.25, 0.3) is 0 Å². The van der Waals surface area contributed by atoms with E-state index < -0.39 is 29.1 Å². The van der Waals surface area contributed by atoms with Crippen molar-refractivity contribution in [1.29, 1.82) is 0 Å². The first-order valence-corrected chi connectivity index (χ1v) is 9.27. The van der Waals surface area contributed by atoms with E-state index in [9.17, 15) is 14.4 Å². The molecule has 1 unspecified atom stereocenters. The summed E-state index contributed by atoms with van der Waals surface area (Å²) >= 11 is 0. The van der Waals surface area contributed by atoms with Crippen LogP contribution in [0.15, 0.2) is 0 Å². The zero-order valence-corrected chi connectivity index (χ0v) is 17.6. The van der Waals surface area contributed by atoms with Gasteiger partial charge in [0.05, 0.1) is 7.11 Å². The predicted molar refractivity (Wildman–Crippen MR) is 99.4 cm³/mol. The molecule has 26 heavy (non-hydrogen) atoms. The first-order valence-electron chi connectivity index (χ1n) is 9.27. The molecule has 1 atom stereocenters. The molecule has 0 aromatic heterocycles. The molecule has 0 aliphatic heterocycles. The van der Waals surface area contributed by atoms with Crippen molar-refractivity contribution in [1.82, 2.24) is 0 Å². The molecule has 0 heterocycles. The largest absolute Gasteiger partial charge is 0.469 e. The highest BCUT2D eigenvalue weighted by molar-refractivity contribution is 5.95. The van der Waals surface area contributed by atoms with Crippen molar-refractivity contribution >= 4 is 17.9 Å². The molecule has 0 amide bonds. The van der Waals surface area contributed by atoms with Gasteiger partial charge in [-0.15, -0.1) is 0 Å². The molecule has 0 rings (SSSR count). The maximum atomic E-state index is 12.4. The van der Waals surface area contributed by atoms with Gasteiger partial charge in [-0.05, 0) is 53.9 Å². The topological polar surface area (TPSA) is 78.9 Å². The summed E-state index contributed by atoms with van der Waals surface area (Å²) in [5, 5.41) is 0. The molecule has 0 aromatic carbocycles. The monoisotopic (exact) mass is 372 g/mol. The summed E-state index contributed by atoms with van der Waals surface area (Å²) in [6.45, 7) is 12.6. The molecule has 0 saturated heterocycles. The van der Waals surface area contributed by atoms with Gasteiger partial charge in [-0.2, -0.15) is 0 Å². The molecular formula is C20H36O6. The summed E-state index contributed by atoms with van der Waals surface area (Å²) in [6, 6.07) is 0. The van der Waals surface area contributed by atoms with Crippen LogP contribution in [0.4, 0.5) is 0 Å². The van der Waals surface area contributed by atoms with Crippen molar-refractivity contribution in [3.63, 3.8) is 0 Å². The average Bonchev–Trinajstić information content (AvgIpc) is 2.42. The number of ether oxygens (including phenoxy) is 3. The molecule has 0 radical (unpaired) electrons. The van der Waals surface area contributed by atoms with Crippen LogP contribution in [-0.2, 0) is 28.6 Å². The van der Waals surface area contributed by atoms with Gasteiger partial charge in [0.25, 0.3) is 0 Å². The van der Waals surface area contributed by atoms with Crippen LogP contribution in [0.5, 0.6) is 0 Å². The second-order valence-corrected chi connectivity index (χ2v) is 8.79. The number of hydrogen-bond donors (Lipinski definition) is 0. The Bertz CT molecular complexity index is 442. The van der Waals surface area contributed by atoms with Crippen LogP contribution in [0, 0.1) is 11.8 Å². The summed E-state index contributed by atoms with van der Waals surface area (Å²) in [5.74, 6) is -2.05. The third-order valence-corrected chi connectivity index (χ3v) is 3.57. The first kappa shape index (κ1) is 24.4. The van der Waals surface area contributed by atoms with Crippen molar-refractivity contribution in [3.05, 3.63) is 0 Å². The van der Waals surface area contributed by atoms with E-state index in [-0.39, 0.29) is 11.9 Å². The lowest BCUT2D eigenvalue weighted by molar-refractivity contribution is -0.174. The summed E-state index contributed by atoms with van der Waals surface area (Å²) in [5.41, 5.74) is -1.32. The molecule has 152 valence electrons. The van der Waals surface area contributed by atoms with Crippen molar-refractivity contribution in [2.45, 2.75) is 91.8 Å². The van der Waals surface area contributed by atoms with Crippen molar-refractivity contribution in [2.24, 2.45) is 11.8 Å². The maximum Gasteiger partial charge on any atom is 0.320 e. The van der Waals surface area contributed by atoms with Gasteiger partial charge in [-0.1, -0.05) is 26.2 Å². The molecule has 0 bridgehead atoms. The third kappa shape index (κ3) is 11.9. The van der Waals surface area contributed by atoms with Crippen LogP contribution in [-0.4, -0.2) is 36.2 Å². The van der Waals surface area contributed by atoms with E-state index in [4.69, 9.17) is 9.47 Å². The van der Waals surface area contributed by atoms with Gasteiger partial charge in [0.1, 0.15) is 11.2 Å². The normalized spacial score (nSPS) is 13.3. The van der Waals surface area contributed by atoms with Gasteiger partial charge in [-0.3, -0.25) is 14.4 Å². The molecule has 0 aliphatic rings. The van der Waals surface area contributed by atoms with E-state index in [1.807, 2.05) is 6.92 Å². The number of rotatable bonds is 9. The van der Waals surface area contributed by atoms with Crippen LogP contribution in [0.1, 0.15) is 80.6 Å². The van der Waals surface area contributed by atoms with E-state index in [0.717, 1.165) is 12.8 Å². The van der Waals surface area contributed by atoms with Crippen molar-refractivity contribution < 1.29 is 28.6 Å². The van der Waals surface area contributed by atoms with Crippen LogP contribution < -0.4 is 0 Å². The lowest BCUT2D eigenvalue weighted by Gasteiger charge is -2.26. The van der Waals surface area contributed by atoms with Gasteiger partial charge < -0.3 is 14.2 Å². The summed E-state index contributed by atoms with van der Waals surface area (Å²) in [7, 11) is 1.38. The Balaban J connectivity index is 4.69. The molecule has 0 saturated carbocycles. The average molecular weight is 373 g/mol. The van der Waals surface area contributed by atoms with Gasteiger partial charge in [0.15, 0.2) is 5.92 Å². The quantitative estimate of drug-likeness (QED) is 0.263. The number of carbonyl (C=O) groups excluding carboxylic acids is 3. The zero-order chi connectivity index (χ0) is 20.5. The lowest BCUT2D eigenvalue weighted by atomic mass is 9.96. The molecule has 0 N–H and O–H groups in total. The summed E-state index contributed by atoms with van der Waals surface area (Å²) < 4.78 is 15.4. The van der Waals surface area contributed by atoms with Crippen LogP contribution in [0.2, 0.25) is 0 Å². The molecule has 0 aromatic rings. The van der Waals surface area contributed by atoms with Crippen LogP contribution >= 0.6 is 0 Å². The molecule has 0 aliphatic carbocycles. The second kappa shape index (κ2) is 10.5. The van der Waals surface area contributed by atoms with Gasteiger partial charge in [-0.25, -0.2) is 0 Å². The Labute approximate surface area is 157 Å². The van der Waals surface area contributed by atoms with E-state index in [0.29, 0.717) is 19.3 Å². The Morgan fingerprint density at radius 2 is 1.23 bits per heavy atom. The Hall–Kier alpha value is -1.59. The highest BCUT2D eigenvalue weighted by Crippen LogP contribution is 2.22. The minimum absolute atomic E-state index is 0.198. The van der Waals surface area contributed by atoms with E-state index >= 15 is 0 Å². The minimum Gasteiger partial charge on any atom is -0.469 e. The lowest BCUT2D eigenvalue weighted by Crippen LogP contribution is -2.36. The third-order valence-electron chi connectivity index (χ3n) is 3.57. The molecule has 6 nitrogen and oxygen atoms in total. The standard InChI is InChI=1S/C20H36O6/c1-14(13-16(21)24-8)11-9-10-12-15(17(22)25-19(2,3)4)18(23)26-20(5,6)7/h14-15H,9-13H2,1-8H3. The maximum absolute atomic E-state index is 12.4. The Kier molecular flexibility index (Phi) is 9.89. The van der Waals surface area contributed by atoms with E-state index in [1.54, 1.807) is 41.5 Å².